The first-order chi connectivity index (χ1) is 9.82. The Bertz CT molecular complexity index is 635. The summed E-state index contributed by atoms with van der Waals surface area (Å²) in [6.45, 7) is 0.203. The van der Waals surface area contributed by atoms with Crippen molar-refractivity contribution in [3.63, 3.8) is 0 Å². The molecule has 1 N–H and O–H groups in total. The molecule has 1 fully saturated rings. The van der Waals surface area contributed by atoms with Gasteiger partial charge in [-0.05, 0) is 12.8 Å². The molecule has 9 nitrogen and oxygen atoms in total. The number of nitro benzene ring substituents is 2. The molecule has 0 amide bonds. The van der Waals surface area contributed by atoms with Crippen LogP contribution in [0, 0.1) is 26.0 Å². The second kappa shape index (κ2) is 5.31. The summed E-state index contributed by atoms with van der Waals surface area (Å²) in [5, 5.41) is 30.7. The van der Waals surface area contributed by atoms with E-state index in [1.165, 1.54) is 4.90 Å². The van der Waals surface area contributed by atoms with E-state index in [1.807, 2.05) is 0 Å². The summed E-state index contributed by atoms with van der Waals surface area (Å²) >= 11 is 0. The predicted molar refractivity (Wildman–Crippen MR) is 67.7 cm³/mol. The molecule has 112 valence electrons. The number of carboxylic acids is 1. The number of hydrogen-bond acceptors (Lipinski definition) is 6. The number of carboxylic acid groups (broad SMARTS) is 1. The minimum Gasteiger partial charge on any atom is -0.480 e. The molecular weight excluding hydrogens is 289 g/mol. The molecule has 21 heavy (non-hydrogen) atoms. The molecule has 1 aliphatic rings. The Labute approximate surface area is 116 Å². The van der Waals surface area contributed by atoms with E-state index in [4.69, 9.17) is 5.11 Å². The van der Waals surface area contributed by atoms with Crippen LogP contribution in [0.2, 0.25) is 0 Å². The van der Waals surface area contributed by atoms with Gasteiger partial charge in [-0.1, -0.05) is 0 Å². The van der Waals surface area contributed by atoms with Gasteiger partial charge >= 0.3 is 11.7 Å². The highest BCUT2D eigenvalue weighted by Crippen LogP contribution is 2.37. The van der Waals surface area contributed by atoms with Gasteiger partial charge in [0.05, 0.1) is 15.9 Å². The van der Waals surface area contributed by atoms with Gasteiger partial charge in [0.1, 0.15) is 11.7 Å². The number of benzene rings is 1. The molecule has 0 aliphatic carbocycles. The summed E-state index contributed by atoms with van der Waals surface area (Å²) in [5.74, 6) is -2.42. The van der Waals surface area contributed by atoms with Crippen molar-refractivity contribution >= 4 is 23.0 Å². The van der Waals surface area contributed by atoms with Gasteiger partial charge in [-0.3, -0.25) is 20.2 Å². The Morgan fingerprint density at radius 1 is 1.29 bits per heavy atom. The summed E-state index contributed by atoms with van der Waals surface area (Å²) < 4.78 is 13.7. The van der Waals surface area contributed by atoms with Crippen LogP contribution in [0.15, 0.2) is 12.1 Å². The highest BCUT2D eigenvalue weighted by Gasteiger charge is 2.36. The molecule has 1 atom stereocenters. The first-order valence-electron chi connectivity index (χ1n) is 5.94. The highest BCUT2D eigenvalue weighted by molar-refractivity contribution is 5.81. The summed E-state index contributed by atoms with van der Waals surface area (Å²) in [5.41, 5.74) is -1.96. The number of nitro groups is 2. The van der Waals surface area contributed by atoms with Crippen LogP contribution < -0.4 is 4.90 Å². The second-order valence-corrected chi connectivity index (χ2v) is 4.50. The summed E-state index contributed by atoms with van der Waals surface area (Å²) in [7, 11) is 0. The maximum atomic E-state index is 13.7. The molecular formula is C11H10FN3O6. The number of carbonyl (C=O) groups is 1. The van der Waals surface area contributed by atoms with Crippen molar-refractivity contribution in [2.45, 2.75) is 18.9 Å². The molecule has 2 rings (SSSR count). The monoisotopic (exact) mass is 299 g/mol. The van der Waals surface area contributed by atoms with Crippen LogP contribution in [0.4, 0.5) is 21.5 Å². The van der Waals surface area contributed by atoms with E-state index in [9.17, 15) is 29.4 Å². The van der Waals surface area contributed by atoms with Crippen molar-refractivity contribution in [2.75, 3.05) is 11.4 Å². The lowest BCUT2D eigenvalue weighted by Gasteiger charge is -2.23. The molecule has 1 aliphatic heterocycles. The summed E-state index contributed by atoms with van der Waals surface area (Å²) in [6, 6.07) is 0.156. The standard InChI is InChI=1S/C11H10FN3O6/c12-6-4-9(13-3-1-2-7(13)11(16)17)10(15(20)21)5-8(6)14(18)19/h4-5,7H,1-3H2,(H,16,17). The quantitative estimate of drug-likeness (QED) is 0.662. The minimum atomic E-state index is -1.24. The van der Waals surface area contributed by atoms with Crippen molar-refractivity contribution < 1.29 is 24.1 Å². The molecule has 1 heterocycles. The number of rotatable bonds is 4. The van der Waals surface area contributed by atoms with Crippen LogP contribution in [0.3, 0.4) is 0 Å². The summed E-state index contributed by atoms with van der Waals surface area (Å²) in [4.78, 5) is 32.0. The van der Waals surface area contributed by atoms with E-state index < -0.39 is 39.0 Å². The smallest absolute Gasteiger partial charge is 0.326 e. The van der Waals surface area contributed by atoms with E-state index >= 15 is 0 Å². The van der Waals surface area contributed by atoms with Gasteiger partial charge in [0.25, 0.3) is 5.69 Å². The Morgan fingerprint density at radius 2 is 1.90 bits per heavy atom. The molecule has 10 heteroatoms. The van der Waals surface area contributed by atoms with Crippen molar-refractivity contribution in [1.82, 2.24) is 0 Å². The normalized spacial score (nSPS) is 17.8. The number of anilines is 1. The van der Waals surface area contributed by atoms with Crippen molar-refractivity contribution in [3.05, 3.63) is 38.2 Å². The molecule has 1 aromatic rings. The van der Waals surface area contributed by atoms with Gasteiger partial charge in [0.15, 0.2) is 0 Å². The van der Waals surface area contributed by atoms with E-state index in [2.05, 4.69) is 0 Å². The van der Waals surface area contributed by atoms with Crippen LogP contribution in [0.5, 0.6) is 0 Å². The van der Waals surface area contributed by atoms with Crippen LogP contribution in [0.25, 0.3) is 0 Å². The van der Waals surface area contributed by atoms with Crippen LogP contribution in [-0.2, 0) is 4.79 Å². The van der Waals surface area contributed by atoms with Gasteiger partial charge in [0, 0.05) is 12.6 Å². The zero-order chi connectivity index (χ0) is 15.7. The third-order valence-corrected chi connectivity index (χ3v) is 3.28. The first kappa shape index (κ1) is 14.6. The first-order valence-corrected chi connectivity index (χ1v) is 5.94. The van der Waals surface area contributed by atoms with Crippen molar-refractivity contribution in [1.29, 1.82) is 0 Å². The molecule has 0 bridgehead atoms. The fraction of sp³-hybridized carbons (Fsp3) is 0.364. The fourth-order valence-electron chi connectivity index (χ4n) is 2.37. The highest BCUT2D eigenvalue weighted by atomic mass is 19.1. The number of nitrogens with zero attached hydrogens (tertiary/aromatic N) is 3. The molecule has 0 aromatic heterocycles. The summed E-state index contributed by atoms with van der Waals surface area (Å²) in [6.07, 6.45) is 0.748. The lowest BCUT2D eigenvalue weighted by molar-refractivity contribution is -0.395. The predicted octanol–water partition coefficient (Wildman–Crippen LogP) is 1.70. The second-order valence-electron chi connectivity index (χ2n) is 4.50. The average molecular weight is 299 g/mol. The molecule has 0 spiro atoms. The minimum absolute atomic E-state index is 0.203. The van der Waals surface area contributed by atoms with Crippen LogP contribution in [0.1, 0.15) is 12.8 Å². The van der Waals surface area contributed by atoms with Gasteiger partial charge in [-0.15, -0.1) is 0 Å². The number of halogens is 1. The van der Waals surface area contributed by atoms with Crippen molar-refractivity contribution in [2.24, 2.45) is 0 Å². The third kappa shape index (κ3) is 2.59. The third-order valence-electron chi connectivity index (χ3n) is 3.28. The van der Waals surface area contributed by atoms with E-state index in [-0.39, 0.29) is 18.7 Å². The Morgan fingerprint density at radius 3 is 2.43 bits per heavy atom. The zero-order valence-electron chi connectivity index (χ0n) is 10.6. The van der Waals surface area contributed by atoms with Crippen molar-refractivity contribution in [3.8, 4) is 0 Å². The van der Waals surface area contributed by atoms with E-state index in [0.29, 0.717) is 18.6 Å². The Hall–Kier alpha value is -2.78. The molecule has 1 unspecified atom stereocenters. The molecule has 0 saturated carbocycles. The fourth-order valence-corrected chi connectivity index (χ4v) is 2.37. The van der Waals surface area contributed by atoms with Gasteiger partial charge in [-0.25, -0.2) is 4.79 Å². The molecule has 1 saturated heterocycles. The molecule has 0 radical (unpaired) electrons. The maximum absolute atomic E-state index is 13.7. The largest absolute Gasteiger partial charge is 0.480 e. The van der Waals surface area contributed by atoms with Gasteiger partial charge < -0.3 is 10.0 Å². The van der Waals surface area contributed by atoms with Gasteiger partial charge in [-0.2, -0.15) is 4.39 Å². The van der Waals surface area contributed by atoms with E-state index in [0.717, 1.165) is 0 Å². The number of aliphatic carboxylic acids is 1. The zero-order valence-corrected chi connectivity index (χ0v) is 10.6. The van der Waals surface area contributed by atoms with Gasteiger partial charge in [0.2, 0.25) is 5.82 Å². The van der Waals surface area contributed by atoms with Crippen LogP contribution >= 0.6 is 0 Å². The average Bonchev–Trinajstić information content (AvgIpc) is 2.86. The Balaban J connectivity index is 2.57. The van der Waals surface area contributed by atoms with E-state index in [1.54, 1.807) is 0 Å². The number of hydrogen-bond donors (Lipinski definition) is 1. The SMILES string of the molecule is O=C(O)C1CCCN1c1cc(F)c([N+](=O)[O-])cc1[N+](=O)[O-]. The topological polar surface area (TPSA) is 127 Å². The van der Waals surface area contributed by atoms with Crippen LogP contribution in [-0.4, -0.2) is 33.5 Å². The lowest BCUT2D eigenvalue weighted by Crippen LogP contribution is -2.36. The lowest BCUT2D eigenvalue weighted by atomic mass is 10.1. The molecule has 1 aromatic carbocycles. The maximum Gasteiger partial charge on any atom is 0.326 e. The Kier molecular flexibility index (Phi) is 3.70.